The number of carbonyl (C=O) groups excluding carboxylic acids is 1. The van der Waals surface area contributed by atoms with Crippen LogP contribution >= 0.6 is 0 Å². The van der Waals surface area contributed by atoms with Crippen molar-refractivity contribution in [1.82, 2.24) is 19.6 Å². The minimum atomic E-state index is -0.315. The molecular weight excluding hydrogens is 402 g/mol. The summed E-state index contributed by atoms with van der Waals surface area (Å²) < 4.78 is 2.95. The molecule has 5 rings (SSSR count). The number of aryl methyl sites for hydroxylation is 1. The first-order valence-corrected chi connectivity index (χ1v) is 11.0. The number of carbonyl (C=O) groups is 1. The molecule has 0 unspecified atom stereocenters. The first-order chi connectivity index (χ1) is 15.5. The van der Waals surface area contributed by atoms with Crippen molar-refractivity contribution < 1.29 is 4.79 Å². The van der Waals surface area contributed by atoms with Gasteiger partial charge in [-0.15, -0.1) is 0 Å². The molecule has 0 bridgehead atoms. The molecule has 0 fully saturated rings. The predicted octanol–water partition coefficient (Wildman–Crippen LogP) is 3.69. The summed E-state index contributed by atoms with van der Waals surface area (Å²) in [6.07, 6.45) is 3.55. The van der Waals surface area contributed by atoms with Crippen molar-refractivity contribution in [2.24, 2.45) is 0 Å². The molecule has 3 heterocycles. The van der Waals surface area contributed by atoms with E-state index in [-0.39, 0.29) is 23.9 Å². The Hall–Kier alpha value is -3.74. The van der Waals surface area contributed by atoms with E-state index in [1.165, 1.54) is 4.68 Å². The summed E-state index contributed by atoms with van der Waals surface area (Å²) in [5.74, 6) is -0.0600. The van der Waals surface area contributed by atoms with E-state index in [0.29, 0.717) is 12.1 Å². The predicted molar refractivity (Wildman–Crippen MR) is 124 cm³/mol. The Morgan fingerprint density at radius 2 is 1.81 bits per heavy atom. The Labute approximate surface area is 185 Å². The Morgan fingerprint density at radius 3 is 2.59 bits per heavy atom. The quantitative estimate of drug-likeness (QED) is 0.498. The van der Waals surface area contributed by atoms with Crippen molar-refractivity contribution in [3.63, 3.8) is 0 Å². The van der Waals surface area contributed by atoms with Gasteiger partial charge in [0, 0.05) is 17.6 Å². The van der Waals surface area contributed by atoms with Crippen LogP contribution in [-0.4, -0.2) is 32.0 Å². The van der Waals surface area contributed by atoms with Gasteiger partial charge in [-0.05, 0) is 42.5 Å². The third-order valence-corrected chi connectivity index (χ3v) is 5.95. The molecular formula is C25H25N5O2. The van der Waals surface area contributed by atoms with Crippen LogP contribution in [0.5, 0.6) is 0 Å². The summed E-state index contributed by atoms with van der Waals surface area (Å²) >= 11 is 0. The Bertz CT molecular complexity index is 1350. The van der Waals surface area contributed by atoms with Crippen LogP contribution in [0.1, 0.15) is 37.4 Å². The molecule has 32 heavy (non-hydrogen) atoms. The maximum atomic E-state index is 13.5. The highest BCUT2D eigenvalue weighted by Crippen LogP contribution is 2.27. The SMILES string of the molecule is CC(C)c1nn(CC(=O)N2CCCc3ccccc32)c(=O)c2c1cnn2-c1ccccc1. The average Bonchev–Trinajstić information content (AvgIpc) is 3.26. The van der Waals surface area contributed by atoms with Crippen LogP contribution in [0.2, 0.25) is 0 Å². The zero-order valence-electron chi connectivity index (χ0n) is 18.2. The number of para-hydroxylation sites is 2. The van der Waals surface area contributed by atoms with Crippen molar-refractivity contribution >= 4 is 22.5 Å². The topological polar surface area (TPSA) is 73.0 Å². The fourth-order valence-electron chi connectivity index (χ4n) is 4.40. The Kier molecular flexibility index (Phi) is 5.09. The van der Waals surface area contributed by atoms with E-state index in [4.69, 9.17) is 0 Å². The van der Waals surface area contributed by atoms with Gasteiger partial charge in [0.2, 0.25) is 5.91 Å². The van der Waals surface area contributed by atoms with Crippen LogP contribution in [0.3, 0.4) is 0 Å². The van der Waals surface area contributed by atoms with E-state index in [1.54, 1.807) is 15.8 Å². The maximum absolute atomic E-state index is 13.5. The van der Waals surface area contributed by atoms with Crippen LogP contribution in [-0.2, 0) is 17.8 Å². The standard InChI is InChI=1S/C25H25N5O2/c1-17(2)23-20-15-26-30(19-11-4-3-5-12-19)24(20)25(32)29(27-23)16-22(31)28-14-8-10-18-9-6-7-13-21(18)28/h3-7,9,11-13,15,17H,8,10,14,16H2,1-2H3. The molecule has 4 aromatic rings. The molecule has 1 aliphatic heterocycles. The minimum absolute atomic E-state index is 0.0728. The largest absolute Gasteiger partial charge is 0.311 e. The molecule has 162 valence electrons. The van der Waals surface area contributed by atoms with Gasteiger partial charge in [-0.25, -0.2) is 9.36 Å². The van der Waals surface area contributed by atoms with Gasteiger partial charge in [0.05, 0.1) is 17.6 Å². The second-order valence-electron chi connectivity index (χ2n) is 8.43. The van der Waals surface area contributed by atoms with Gasteiger partial charge in [-0.1, -0.05) is 50.2 Å². The molecule has 0 saturated heterocycles. The van der Waals surface area contributed by atoms with Gasteiger partial charge >= 0.3 is 0 Å². The monoisotopic (exact) mass is 427 g/mol. The lowest BCUT2D eigenvalue weighted by Gasteiger charge is -2.29. The fourth-order valence-corrected chi connectivity index (χ4v) is 4.40. The van der Waals surface area contributed by atoms with E-state index < -0.39 is 0 Å². The fraction of sp³-hybridized carbons (Fsp3) is 0.280. The first-order valence-electron chi connectivity index (χ1n) is 11.0. The molecule has 0 aliphatic carbocycles. The maximum Gasteiger partial charge on any atom is 0.293 e. The molecule has 0 radical (unpaired) electrons. The Morgan fingerprint density at radius 1 is 1.06 bits per heavy atom. The number of aromatic nitrogens is 4. The number of hydrogen-bond acceptors (Lipinski definition) is 4. The molecule has 1 amide bonds. The minimum Gasteiger partial charge on any atom is -0.311 e. The summed E-state index contributed by atoms with van der Waals surface area (Å²) in [7, 11) is 0. The number of amides is 1. The smallest absolute Gasteiger partial charge is 0.293 e. The summed E-state index contributed by atoms with van der Waals surface area (Å²) in [5.41, 5.74) is 3.77. The average molecular weight is 428 g/mol. The second kappa shape index (κ2) is 8.07. The summed E-state index contributed by atoms with van der Waals surface area (Å²) in [5, 5.41) is 9.80. The van der Waals surface area contributed by atoms with E-state index >= 15 is 0 Å². The van der Waals surface area contributed by atoms with Gasteiger partial charge in [0.15, 0.2) is 0 Å². The number of nitrogens with zero attached hydrogens (tertiary/aromatic N) is 5. The van der Waals surface area contributed by atoms with E-state index in [1.807, 2.05) is 62.4 Å². The summed E-state index contributed by atoms with van der Waals surface area (Å²) in [4.78, 5) is 28.6. The molecule has 7 nitrogen and oxygen atoms in total. The lowest BCUT2D eigenvalue weighted by molar-refractivity contribution is -0.119. The number of hydrogen-bond donors (Lipinski definition) is 0. The highest BCUT2D eigenvalue weighted by Gasteiger charge is 2.25. The second-order valence-corrected chi connectivity index (χ2v) is 8.43. The lowest BCUT2D eigenvalue weighted by Crippen LogP contribution is -2.40. The number of fused-ring (bicyclic) bond motifs is 2. The van der Waals surface area contributed by atoms with Crippen LogP contribution in [0.15, 0.2) is 65.6 Å². The van der Waals surface area contributed by atoms with Gasteiger partial charge in [0.25, 0.3) is 5.56 Å². The molecule has 0 atom stereocenters. The highest BCUT2D eigenvalue weighted by molar-refractivity contribution is 5.94. The van der Waals surface area contributed by atoms with Gasteiger partial charge in [-0.3, -0.25) is 9.59 Å². The highest BCUT2D eigenvalue weighted by atomic mass is 16.2. The third-order valence-electron chi connectivity index (χ3n) is 5.95. The van der Waals surface area contributed by atoms with E-state index in [2.05, 4.69) is 16.3 Å². The molecule has 0 spiro atoms. The zero-order valence-corrected chi connectivity index (χ0v) is 18.2. The van der Waals surface area contributed by atoms with Crippen LogP contribution in [0, 0.1) is 0 Å². The normalized spacial score (nSPS) is 13.5. The lowest BCUT2D eigenvalue weighted by atomic mass is 10.0. The van der Waals surface area contributed by atoms with Crippen molar-refractivity contribution in [2.45, 2.75) is 39.2 Å². The Balaban J connectivity index is 1.60. The molecule has 2 aromatic heterocycles. The first kappa shape index (κ1) is 20.2. The summed E-state index contributed by atoms with van der Waals surface area (Å²) in [6.45, 7) is 4.59. The third kappa shape index (κ3) is 3.39. The molecule has 2 aromatic carbocycles. The van der Waals surface area contributed by atoms with E-state index in [0.717, 1.165) is 40.9 Å². The molecule has 7 heteroatoms. The van der Waals surface area contributed by atoms with Crippen molar-refractivity contribution in [2.75, 3.05) is 11.4 Å². The van der Waals surface area contributed by atoms with Crippen LogP contribution in [0.25, 0.3) is 16.6 Å². The van der Waals surface area contributed by atoms with Crippen LogP contribution < -0.4 is 10.5 Å². The number of anilines is 1. The van der Waals surface area contributed by atoms with Crippen LogP contribution in [0.4, 0.5) is 5.69 Å². The van der Waals surface area contributed by atoms with E-state index in [9.17, 15) is 9.59 Å². The van der Waals surface area contributed by atoms with Crippen molar-refractivity contribution in [3.8, 4) is 5.69 Å². The van der Waals surface area contributed by atoms with Gasteiger partial charge in [0.1, 0.15) is 12.1 Å². The van der Waals surface area contributed by atoms with Gasteiger partial charge in [-0.2, -0.15) is 10.2 Å². The number of rotatable bonds is 4. The van der Waals surface area contributed by atoms with Gasteiger partial charge < -0.3 is 4.90 Å². The molecule has 0 N–H and O–H groups in total. The zero-order chi connectivity index (χ0) is 22.2. The number of benzene rings is 2. The summed E-state index contributed by atoms with van der Waals surface area (Å²) in [6, 6.07) is 17.5. The van der Waals surface area contributed by atoms with Crippen molar-refractivity contribution in [1.29, 1.82) is 0 Å². The molecule has 0 saturated carbocycles. The molecule has 1 aliphatic rings. The van der Waals surface area contributed by atoms with Crippen molar-refractivity contribution in [3.05, 3.63) is 82.4 Å².